The van der Waals surface area contributed by atoms with E-state index in [1.54, 1.807) is 25.1 Å². The third kappa shape index (κ3) is 6.40. The zero-order chi connectivity index (χ0) is 14.3. The molecule has 1 rings (SSSR count). The highest BCUT2D eigenvalue weighted by Gasteiger charge is 2.11. The van der Waals surface area contributed by atoms with Crippen LogP contribution in [0.4, 0.5) is 4.39 Å². The average Bonchev–Trinajstić information content (AvgIpc) is 2.37. The average molecular weight is 306 g/mol. The van der Waals surface area contributed by atoms with Gasteiger partial charge in [0.15, 0.2) is 0 Å². The van der Waals surface area contributed by atoms with Crippen LogP contribution in [0, 0.1) is 5.82 Å². The summed E-state index contributed by atoms with van der Waals surface area (Å²) in [4.78, 5) is 0.503. The van der Waals surface area contributed by atoms with Gasteiger partial charge in [-0.25, -0.2) is 12.8 Å². The molecule has 6 heteroatoms. The van der Waals surface area contributed by atoms with Crippen molar-refractivity contribution < 1.29 is 17.9 Å². The van der Waals surface area contributed by atoms with Crippen molar-refractivity contribution in [3.8, 4) is 0 Å². The maximum absolute atomic E-state index is 13.3. The van der Waals surface area contributed by atoms with Crippen molar-refractivity contribution in [3.63, 3.8) is 0 Å². The van der Waals surface area contributed by atoms with E-state index >= 15 is 0 Å². The SMILES string of the molecule is CCS(=O)(=O)CCCC(O)CSc1ccccc1F. The third-order valence-electron chi connectivity index (χ3n) is 2.70. The van der Waals surface area contributed by atoms with Gasteiger partial charge in [-0.2, -0.15) is 0 Å². The quantitative estimate of drug-likeness (QED) is 0.750. The normalized spacial score (nSPS) is 13.4. The Kier molecular flexibility index (Phi) is 6.82. The molecule has 0 heterocycles. The molecule has 108 valence electrons. The highest BCUT2D eigenvalue weighted by molar-refractivity contribution is 7.99. The van der Waals surface area contributed by atoms with E-state index in [0.29, 0.717) is 23.5 Å². The molecular formula is C13H19FO3S2. The van der Waals surface area contributed by atoms with Gasteiger partial charge < -0.3 is 5.11 Å². The highest BCUT2D eigenvalue weighted by Crippen LogP contribution is 2.22. The van der Waals surface area contributed by atoms with Gasteiger partial charge in [-0.1, -0.05) is 19.1 Å². The van der Waals surface area contributed by atoms with Crippen molar-refractivity contribution in [2.24, 2.45) is 0 Å². The molecule has 0 aliphatic carbocycles. The molecule has 3 nitrogen and oxygen atoms in total. The first-order valence-corrected chi connectivity index (χ1v) is 9.01. The van der Waals surface area contributed by atoms with Crippen molar-refractivity contribution in [1.29, 1.82) is 0 Å². The van der Waals surface area contributed by atoms with Gasteiger partial charge in [-0.15, -0.1) is 11.8 Å². The summed E-state index contributed by atoms with van der Waals surface area (Å²) in [5.74, 6) is 0.304. The van der Waals surface area contributed by atoms with Gasteiger partial charge in [0.25, 0.3) is 0 Å². The number of thioether (sulfide) groups is 1. The molecule has 1 unspecified atom stereocenters. The predicted octanol–water partition coefficient (Wildman–Crippen LogP) is 2.49. The Hall–Kier alpha value is -0.590. The van der Waals surface area contributed by atoms with Crippen molar-refractivity contribution in [2.75, 3.05) is 17.3 Å². The van der Waals surface area contributed by atoms with Crippen LogP contribution in [0.3, 0.4) is 0 Å². The van der Waals surface area contributed by atoms with E-state index in [1.807, 2.05) is 0 Å². The molecule has 1 atom stereocenters. The van der Waals surface area contributed by atoms with Crippen molar-refractivity contribution >= 4 is 21.6 Å². The van der Waals surface area contributed by atoms with E-state index in [2.05, 4.69) is 0 Å². The van der Waals surface area contributed by atoms with Gasteiger partial charge in [0, 0.05) is 16.4 Å². The summed E-state index contributed by atoms with van der Waals surface area (Å²) in [5, 5.41) is 9.73. The molecule has 0 amide bonds. The minimum Gasteiger partial charge on any atom is -0.392 e. The van der Waals surface area contributed by atoms with Crippen LogP contribution in [0.1, 0.15) is 19.8 Å². The highest BCUT2D eigenvalue weighted by atomic mass is 32.2. The lowest BCUT2D eigenvalue weighted by molar-refractivity contribution is 0.188. The van der Waals surface area contributed by atoms with Gasteiger partial charge in [0.1, 0.15) is 15.7 Å². The van der Waals surface area contributed by atoms with Crippen molar-refractivity contribution in [2.45, 2.75) is 30.8 Å². The van der Waals surface area contributed by atoms with Crippen LogP contribution in [-0.2, 0) is 9.84 Å². The Labute approximate surface area is 118 Å². The van der Waals surface area contributed by atoms with Crippen molar-refractivity contribution in [1.82, 2.24) is 0 Å². The summed E-state index contributed by atoms with van der Waals surface area (Å²) in [6.45, 7) is 1.61. The van der Waals surface area contributed by atoms with E-state index in [9.17, 15) is 17.9 Å². The summed E-state index contributed by atoms with van der Waals surface area (Å²) in [5.41, 5.74) is 0. The Bertz CT molecular complexity index is 488. The number of rotatable bonds is 8. The summed E-state index contributed by atoms with van der Waals surface area (Å²) in [6, 6.07) is 6.40. The maximum Gasteiger partial charge on any atom is 0.150 e. The molecule has 0 bridgehead atoms. The molecule has 1 N–H and O–H groups in total. The Balaban J connectivity index is 2.29. The molecule has 0 saturated carbocycles. The minimum absolute atomic E-state index is 0.102. The first-order valence-electron chi connectivity index (χ1n) is 6.20. The summed E-state index contributed by atoms with van der Waals surface area (Å²) < 4.78 is 35.8. The van der Waals surface area contributed by atoms with Gasteiger partial charge in [0.2, 0.25) is 0 Å². The number of hydrogen-bond donors (Lipinski definition) is 1. The number of sulfone groups is 1. The molecule has 0 fully saturated rings. The van der Waals surface area contributed by atoms with Gasteiger partial charge in [-0.05, 0) is 25.0 Å². The molecule has 0 aliphatic rings. The molecule has 0 aliphatic heterocycles. The van der Waals surface area contributed by atoms with E-state index < -0.39 is 15.9 Å². The number of hydrogen-bond acceptors (Lipinski definition) is 4. The second-order valence-electron chi connectivity index (χ2n) is 4.27. The Morgan fingerprint density at radius 2 is 2.05 bits per heavy atom. The van der Waals surface area contributed by atoms with Crippen molar-refractivity contribution in [3.05, 3.63) is 30.1 Å². The number of aliphatic hydroxyl groups excluding tert-OH is 1. The fourth-order valence-corrected chi connectivity index (χ4v) is 3.33. The standard InChI is InChI=1S/C13H19FO3S2/c1-2-19(16,17)9-5-6-11(15)10-18-13-8-4-3-7-12(13)14/h3-4,7-8,11,15H,2,5-6,9-10H2,1H3. The number of halogens is 1. The second-order valence-corrected chi connectivity index (χ2v) is 7.81. The van der Waals surface area contributed by atoms with Gasteiger partial charge >= 0.3 is 0 Å². The second kappa shape index (κ2) is 7.87. The number of aliphatic hydroxyl groups is 1. The largest absolute Gasteiger partial charge is 0.392 e. The minimum atomic E-state index is -2.97. The number of benzene rings is 1. The zero-order valence-corrected chi connectivity index (χ0v) is 12.5. The smallest absolute Gasteiger partial charge is 0.150 e. The monoisotopic (exact) mass is 306 g/mol. The van der Waals surface area contributed by atoms with E-state index in [0.717, 1.165) is 0 Å². The predicted molar refractivity (Wildman–Crippen MR) is 76.7 cm³/mol. The van der Waals surface area contributed by atoms with Crippen LogP contribution < -0.4 is 0 Å². The molecule has 1 aromatic carbocycles. The first kappa shape index (κ1) is 16.5. The molecule has 0 saturated heterocycles. The van der Waals surface area contributed by atoms with Crippen LogP contribution >= 0.6 is 11.8 Å². The lowest BCUT2D eigenvalue weighted by Crippen LogP contribution is -2.14. The van der Waals surface area contributed by atoms with E-state index in [1.165, 1.54) is 17.8 Å². The van der Waals surface area contributed by atoms with Gasteiger partial charge in [0.05, 0.1) is 11.9 Å². The van der Waals surface area contributed by atoms with Crippen LogP contribution in [-0.4, -0.2) is 36.9 Å². The fraction of sp³-hybridized carbons (Fsp3) is 0.538. The third-order valence-corrected chi connectivity index (χ3v) is 5.68. The Morgan fingerprint density at radius 1 is 1.37 bits per heavy atom. The Morgan fingerprint density at radius 3 is 2.68 bits per heavy atom. The molecular weight excluding hydrogens is 287 g/mol. The summed E-state index contributed by atoms with van der Waals surface area (Å²) >= 11 is 1.24. The molecule has 0 spiro atoms. The lowest BCUT2D eigenvalue weighted by atomic mass is 10.2. The maximum atomic E-state index is 13.3. The molecule has 0 radical (unpaired) electrons. The van der Waals surface area contributed by atoms with Crippen LogP contribution in [0.5, 0.6) is 0 Å². The first-order chi connectivity index (χ1) is 8.94. The van der Waals surface area contributed by atoms with Gasteiger partial charge in [-0.3, -0.25) is 0 Å². The fourth-order valence-electron chi connectivity index (χ4n) is 1.51. The molecule has 19 heavy (non-hydrogen) atoms. The van der Waals surface area contributed by atoms with Crippen LogP contribution in [0.25, 0.3) is 0 Å². The summed E-state index contributed by atoms with van der Waals surface area (Å²) in [7, 11) is -2.97. The van der Waals surface area contributed by atoms with Crippen LogP contribution in [0.15, 0.2) is 29.2 Å². The summed E-state index contributed by atoms with van der Waals surface area (Å²) in [6.07, 6.45) is 0.243. The van der Waals surface area contributed by atoms with E-state index in [4.69, 9.17) is 0 Å². The van der Waals surface area contributed by atoms with E-state index in [-0.39, 0.29) is 17.3 Å². The zero-order valence-electron chi connectivity index (χ0n) is 10.9. The molecule has 1 aromatic rings. The van der Waals surface area contributed by atoms with Crippen LogP contribution in [0.2, 0.25) is 0 Å². The molecule has 0 aromatic heterocycles. The lowest BCUT2D eigenvalue weighted by Gasteiger charge is -2.10. The topological polar surface area (TPSA) is 54.4 Å².